The smallest absolute Gasteiger partial charge is 0.147 e. The number of hydrogen-bond acceptors (Lipinski definition) is 1. The van der Waals surface area contributed by atoms with E-state index in [4.69, 9.17) is 34.8 Å². The van der Waals surface area contributed by atoms with E-state index in [1.807, 2.05) is 13.0 Å². The molecule has 0 aliphatic carbocycles. The zero-order chi connectivity index (χ0) is 14.0. The molecule has 0 spiro atoms. The highest BCUT2D eigenvalue weighted by Gasteiger charge is 2.13. The SMILES string of the molecule is CC(Nc1ccc(Cl)cc1F)c1cccc(Cl)c1Cl. The first-order valence-corrected chi connectivity index (χ1v) is 6.78. The minimum absolute atomic E-state index is 0.179. The van der Waals surface area contributed by atoms with Crippen LogP contribution < -0.4 is 5.32 Å². The molecule has 0 heterocycles. The Labute approximate surface area is 126 Å². The lowest BCUT2D eigenvalue weighted by Gasteiger charge is -2.18. The summed E-state index contributed by atoms with van der Waals surface area (Å²) < 4.78 is 13.7. The van der Waals surface area contributed by atoms with Gasteiger partial charge in [0.1, 0.15) is 5.82 Å². The largest absolute Gasteiger partial charge is 0.376 e. The summed E-state index contributed by atoms with van der Waals surface area (Å²) in [5.41, 5.74) is 1.18. The molecule has 1 unspecified atom stereocenters. The zero-order valence-corrected chi connectivity index (χ0v) is 12.3. The fraction of sp³-hybridized carbons (Fsp3) is 0.143. The van der Waals surface area contributed by atoms with E-state index < -0.39 is 5.82 Å². The number of anilines is 1. The van der Waals surface area contributed by atoms with Crippen LogP contribution in [0.4, 0.5) is 10.1 Å². The van der Waals surface area contributed by atoms with E-state index in [0.717, 1.165) is 5.56 Å². The normalized spacial score (nSPS) is 12.3. The van der Waals surface area contributed by atoms with E-state index in [9.17, 15) is 4.39 Å². The van der Waals surface area contributed by atoms with Gasteiger partial charge in [0.05, 0.1) is 21.8 Å². The molecular formula is C14H11Cl3FN. The third kappa shape index (κ3) is 3.33. The topological polar surface area (TPSA) is 12.0 Å². The average Bonchev–Trinajstić information content (AvgIpc) is 2.36. The summed E-state index contributed by atoms with van der Waals surface area (Å²) in [5, 5.41) is 4.35. The third-order valence-electron chi connectivity index (χ3n) is 2.75. The van der Waals surface area contributed by atoms with Crippen LogP contribution in [0, 0.1) is 5.82 Å². The van der Waals surface area contributed by atoms with Gasteiger partial charge in [0.25, 0.3) is 0 Å². The lowest BCUT2D eigenvalue weighted by molar-refractivity contribution is 0.627. The first kappa shape index (κ1) is 14.4. The van der Waals surface area contributed by atoms with Crippen LogP contribution in [0.25, 0.3) is 0 Å². The fourth-order valence-corrected chi connectivity index (χ4v) is 2.40. The van der Waals surface area contributed by atoms with Gasteiger partial charge in [0.2, 0.25) is 0 Å². The van der Waals surface area contributed by atoms with Gasteiger partial charge >= 0.3 is 0 Å². The maximum atomic E-state index is 13.7. The van der Waals surface area contributed by atoms with Gasteiger partial charge in [0.15, 0.2) is 0 Å². The van der Waals surface area contributed by atoms with Crippen LogP contribution in [0.3, 0.4) is 0 Å². The van der Waals surface area contributed by atoms with Gasteiger partial charge in [-0.2, -0.15) is 0 Å². The van der Waals surface area contributed by atoms with Crippen molar-refractivity contribution in [2.75, 3.05) is 5.32 Å². The van der Waals surface area contributed by atoms with Gasteiger partial charge in [-0.25, -0.2) is 4.39 Å². The first-order chi connectivity index (χ1) is 8.99. The van der Waals surface area contributed by atoms with E-state index in [1.54, 1.807) is 24.3 Å². The number of rotatable bonds is 3. The Morgan fingerprint density at radius 1 is 1.11 bits per heavy atom. The van der Waals surface area contributed by atoms with Crippen LogP contribution in [0.2, 0.25) is 15.1 Å². The molecule has 2 rings (SSSR count). The van der Waals surface area contributed by atoms with Crippen molar-refractivity contribution in [1.29, 1.82) is 0 Å². The van der Waals surface area contributed by atoms with E-state index in [0.29, 0.717) is 20.8 Å². The number of halogens is 4. The van der Waals surface area contributed by atoms with Crippen molar-refractivity contribution in [1.82, 2.24) is 0 Å². The molecule has 1 N–H and O–H groups in total. The number of benzene rings is 2. The molecule has 0 aliphatic heterocycles. The zero-order valence-electron chi connectivity index (χ0n) is 10.1. The second-order valence-electron chi connectivity index (χ2n) is 4.13. The monoisotopic (exact) mass is 317 g/mol. The van der Waals surface area contributed by atoms with Crippen LogP contribution in [0.15, 0.2) is 36.4 Å². The molecule has 0 amide bonds. The molecule has 0 aliphatic rings. The van der Waals surface area contributed by atoms with Gasteiger partial charge in [-0.15, -0.1) is 0 Å². The van der Waals surface area contributed by atoms with Crippen LogP contribution in [0.5, 0.6) is 0 Å². The predicted molar refractivity (Wildman–Crippen MR) is 79.9 cm³/mol. The molecule has 2 aromatic rings. The Bertz CT molecular complexity index is 601. The molecule has 0 fully saturated rings. The molecule has 1 nitrogen and oxygen atoms in total. The van der Waals surface area contributed by atoms with Gasteiger partial charge in [-0.05, 0) is 36.8 Å². The van der Waals surface area contributed by atoms with Crippen LogP contribution in [-0.4, -0.2) is 0 Å². The fourth-order valence-electron chi connectivity index (χ4n) is 1.77. The molecule has 0 radical (unpaired) electrons. The van der Waals surface area contributed by atoms with Gasteiger partial charge < -0.3 is 5.32 Å². The summed E-state index contributed by atoms with van der Waals surface area (Å²) >= 11 is 17.8. The molecule has 0 bridgehead atoms. The molecular weight excluding hydrogens is 308 g/mol. The Morgan fingerprint density at radius 2 is 1.84 bits per heavy atom. The van der Waals surface area contributed by atoms with Crippen LogP contribution in [0.1, 0.15) is 18.5 Å². The van der Waals surface area contributed by atoms with Crippen LogP contribution >= 0.6 is 34.8 Å². The lowest BCUT2D eigenvalue weighted by Crippen LogP contribution is -2.08. The van der Waals surface area contributed by atoms with Gasteiger partial charge in [-0.3, -0.25) is 0 Å². The van der Waals surface area contributed by atoms with E-state index in [2.05, 4.69) is 5.32 Å². The van der Waals surface area contributed by atoms with Crippen molar-refractivity contribution in [2.45, 2.75) is 13.0 Å². The van der Waals surface area contributed by atoms with Crippen molar-refractivity contribution in [3.8, 4) is 0 Å². The Kier molecular flexibility index (Phi) is 4.56. The Morgan fingerprint density at radius 3 is 2.53 bits per heavy atom. The highest BCUT2D eigenvalue weighted by Crippen LogP contribution is 2.32. The molecule has 100 valence electrons. The van der Waals surface area contributed by atoms with Crippen molar-refractivity contribution >= 4 is 40.5 Å². The summed E-state index contributed by atoms with van der Waals surface area (Å²) in [6, 6.07) is 9.66. The van der Waals surface area contributed by atoms with E-state index in [-0.39, 0.29) is 6.04 Å². The minimum atomic E-state index is -0.405. The minimum Gasteiger partial charge on any atom is -0.376 e. The van der Waals surface area contributed by atoms with E-state index in [1.165, 1.54) is 6.07 Å². The van der Waals surface area contributed by atoms with Crippen molar-refractivity contribution in [3.63, 3.8) is 0 Å². The number of hydrogen-bond donors (Lipinski definition) is 1. The third-order valence-corrected chi connectivity index (χ3v) is 3.82. The van der Waals surface area contributed by atoms with Crippen LogP contribution in [-0.2, 0) is 0 Å². The lowest BCUT2D eigenvalue weighted by atomic mass is 10.1. The molecule has 19 heavy (non-hydrogen) atoms. The highest BCUT2D eigenvalue weighted by atomic mass is 35.5. The summed E-state index contributed by atoms with van der Waals surface area (Å²) in [6.45, 7) is 1.88. The van der Waals surface area contributed by atoms with Gasteiger partial charge in [-0.1, -0.05) is 46.9 Å². The van der Waals surface area contributed by atoms with Crippen molar-refractivity contribution in [2.24, 2.45) is 0 Å². The quantitative estimate of drug-likeness (QED) is 0.736. The second kappa shape index (κ2) is 6.00. The maximum Gasteiger partial charge on any atom is 0.147 e. The average molecular weight is 319 g/mol. The van der Waals surface area contributed by atoms with Gasteiger partial charge in [0, 0.05) is 5.02 Å². The summed E-state index contributed by atoms with van der Waals surface area (Å²) in [4.78, 5) is 0. The highest BCUT2D eigenvalue weighted by molar-refractivity contribution is 6.42. The Balaban J connectivity index is 2.25. The van der Waals surface area contributed by atoms with Crippen molar-refractivity contribution in [3.05, 3.63) is 62.8 Å². The molecule has 5 heteroatoms. The molecule has 0 aromatic heterocycles. The summed E-state index contributed by atoms with van der Waals surface area (Å²) in [5.74, 6) is -0.405. The Hall–Kier alpha value is -0.960. The molecule has 2 aromatic carbocycles. The second-order valence-corrected chi connectivity index (χ2v) is 5.35. The first-order valence-electron chi connectivity index (χ1n) is 5.64. The molecule has 0 saturated heterocycles. The summed E-state index contributed by atoms with van der Waals surface area (Å²) in [7, 11) is 0. The van der Waals surface area contributed by atoms with E-state index >= 15 is 0 Å². The maximum absolute atomic E-state index is 13.7. The molecule has 1 atom stereocenters. The standard InChI is InChI=1S/C14H11Cl3FN/c1-8(10-3-2-4-11(16)14(10)17)19-13-6-5-9(15)7-12(13)18/h2-8,19H,1H3. The molecule has 0 saturated carbocycles. The summed E-state index contributed by atoms with van der Waals surface area (Å²) in [6.07, 6.45) is 0. The van der Waals surface area contributed by atoms with Crippen molar-refractivity contribution < 1.29 is 4.39 Å². The number of nitrogens with one attached hydrogen (secondary N) is 1. The predicted octanol–water partition coefficient (Wildman–Crippen LogP) is 5.96.